The molecule has 2 aliphatic rings. The number of anilines is 1. The van der Waals surface area contributed by atoms with Gasteiger partial charge in [0.1, 0.15) is 0 Å². The van der Waals surface area contributed by atoms with E-state index in [9.17, 15) is 9.59 Å². The van der Waals surface area contributed by atoms with E-state index in [2.05, 4.69) is 15.2 Å². The molecular formula is C24H26N4O3. The molecule has 0 spiro atoms. The topological polar surface area (TPSA) is 77.7 Å². The second-order valence-electron chi connectivity index (χ2n) is 8.28. The molecule has 0 unspecified atom stereocenters. The third-order valence-electron chi connectivity index (χ3n) is 6.26. The van der Waals surface area contributed by atoms with E-state index in [1.165, 1.54) is 0 Å². The first-order valence-corrected chi connectivity index (χ1v) is 10.7. The average molecular weight is 418 g/mol. The Morgan fingerprint density at radius 2 is 1.81 bits per heavy atom. The first-order chi connectivity index (χ1) is 15.1. The van der Waals surface area contributed by atoms with Crippen LogP contribution in [0.15, 0.2) is 48.7 Å². The molecule has 0 atom stereocenters. The zero-order valence-corrected chi connectivity index (χ0v) is 17.6. The number of H-pyrrole nitrogens is 1. The van der Waals surface area contributed by atoms with Crippen molar-refractivity contribution in [2.75, 3.05) is 44.7 Å². The van der Waals surface area contributed by atoms with E-state index < -0.39 is 0 Å². The number of rotatable bonds is 4. The number of carbonyl (C=O) groups is 2. The number of nitrogens with zero attached hydrogens (tertiary/aromatic N) is 2. The number of benzene rings is 2. The molecule has 160 valence electrons. The van der Waals surface area contributed by atoms with E-state index in [0.29, 0.717) is 22.9 Å². The Morgan fingerprint density at radius 3 is 2.61 bits per heavy atom. The van der Waals surface area contributed by atoms with Crippen LogP contribution in [0.1, 0.15) is 26.3 Å². The Kier molecular flexibility index (Phi) is 5.21. The second-order valence-corrected chi connectivity index (χ2v) is 8.28. The van der Waals surface area contributed by atoms with E-state index >= 15 is 0 Å². The lowest BCUT2D eigenvalue weighted by Crippen LogP contribution is -2.62. The molecular weight excluding hydrogens is 392 g/mol. The van der Waals surface area contributed by atoms with E-state index in [1.807, 2.05) is 48.4 Å². The van der Waals surface area contributed by atoms with Gasteiger partial charge >= 0.3 is 0 Å². The predicted octanol–water partition coefficient (Wildman–Crippen LogP) is 2.89. The van der Waals surface area contributed by atoms with E-state index in [1.54, 1.807) is 12.1 Å². The summed E-state index contributed by atoms with van der Waals surface area (Å²) >= 11 is 0. The lowest BCUT2D eigenvalue weighted by Gasteiger charge is -2.46. The SMILES string of the molecule is Cc1ccc(C(=O)N2CC(N3CCOCC3)C2)cc1NC(=O)c1ccc2[nH]ccc2c1. The van der Waals surface area contributed by atoms with Gasteiger partial charge in [-0.25, -0.2) is 0 Å². The number of fused-ring (bicyclic) bond motifs is 1. The van der Waals surface area contributed by atoms with Crippen LogP contribution in [0.2, 0.25) is 0 Å². The minimum Gasteiger partial charge on any atom is -0.379 e. The molecule has 3 heterocycles. The van der Waals surface area contributed by atoms with Gasteiger partial charge in [-0.2, -0.15) is 0 Å². The molecule has 2 N–H and O–H groups in total. The van der Waals surface area contributed by atoms with Crippen LogP contribution in [0.25, 0.3) is 10.9 Å². The third kappa shape index (κ3) is 3.94. The number of carbonyl (C=O) groups excluding carboxylic acids is 2. The number of aromatic amines is 1. The lowest BCUT2D eigenvalue weighted by atomic mass is 10.0. The van der Waals surface area contributed by atoms with Gasteiger partial charge in [0.05, 0.1) is 13.2 Å². The molecule has 1 aromatic heterocycles. The summed E-state index contributed by atoms with van der Waals surface area (Å²) in [5.41, 5.74) is 3.75. The molecule has 5 rings (SSSR count). The summed E-state index contributed by atoms with van der Waals surface area (Å²) < 4.78 is 5.41. The molecule has 0 saturated carbocycles. The van der Waals surface area contributed by atoms with Gasteiger partial charge in [-0.15, -0.1) is 0 Å². The summed E-state index contributed by atoms with van der Waals surface area (Å²) in [6, 6.07) is 13.4. The molecule has 7 nitrogen and oxygen atoms in total. The standard InChI is InChI=1S/C24H26N4O3/c1-16-2-3-19(24(30)28-14-20(15-28)27-8-10-31-11-9-27)13-22(16)26-23(29)18-4-5-21-17(12-18)6-7-25-21/h2-7,12-13,20,25H,8-11,14-15H2,1H3,(H,26,29). The van der Waals surface area contributed by atoms with Crippen molar-refractivity contribution < 1.29 is 14.3 Å². The molecule has 2 amide bonds. The number of aromatic nitrogens is 1. The van der Waals surface area contributed by atoms with Gasteiger partial charge in [0, 0.05) is 66.1 Å². The first-order valence-electron chi connectivity index (χ1n) is 10.7. The normalized spacial score (nSPS) is 17.5. The van der Waals surface area contributed by atoms with Crippen LogP contribution in [0.3, 0.4) is 0 Å². The molecule has 7 heteroatoms. The van der Waals surface area contributed by atoms with Crippen molar-refractivity contribution in [1.82, 2.24) is 14.8 Å². The summed E-state index contributed by atoms with van der Waals surface area (Å²) in [4.78, 5) is 33.2. The predicted molar refractivity (Wildman–Crippen MR) is 120 cm³/mol. The fourth-order valence-corrected chi connectivity index (χ4v) is 4.26. The third-order valence-corrected chi connectivity index (χ3v) is 6.26. The lowest BCUT2D eigenvalue weighted by molar-refractivity contribution is -0.0256. The molecule has 0 bridgehead atoms. The number of amides is 2. The van der Waals surface area contributed by atoms with Crippen molar-refractivity contribution in [3.05, 3.63) is 65.4 Å². The number of aryl methyl sites for hydroxylation is 1. The van der Waals surface area contributed by atoms with Crippen molar-refractivity contribution in [2.45, 2.75) is 13.0 Å². The highest BCUT2D eigenvalue weighted by atomic mass is 16.5. The van der Waals surface area contributed by atoms with Crippen molar-refractivity contribution in [3.8, 4) is 0 Å². The molecule has 2 aromatic carbocycles. The Hall–Kier alpha value is -3.16. The Labute approximate surface area is 181 Å². The van der Waals surface area contributed by atoms with Crippen LogP contribution >= 0.6 is 0 Å². The van der Waals surface area contributed by atoms with E-state index in [4.69, 9.17) is 4.74 Å². The number of morpholine rings is 1. The highest BCUT2D eigenvalue weighted by Crippen LogP contribution is 2.23. The van der Waals surface area contributed by atoms with Gasteiger partial charge < -0.3 is 19.9 Å². The Bertz CT molecular complexity index is 1130. The monoisotopic (exact) mass is 418 g/mol. The molecule has 0 radical (unpaired) electrons. The number of hydrogen-bond donors (Lipinski definition) is 2. The molecule has 2 saturated heterocycles. The number of hydrogen-bond acceptors (Lipinski definition) is 4. The second kappa shape index (κ2) is 8.17. The van der Waals surface area contributed by atoms with Crippen LogP contribution in [0, 0.1) is 6.92 Å². The summed E-state index contributed by atoms with van der Waals surface area (Å²) in [7, 11) is 0. The summed E-state index contributed by atoms with van der Waals surface area (Å²) in [6.07, 6.45) is 1.85. The average Bonchev–Trinajstić information content (AvgIpc) is 3.23. The minimum absolute atomic E-state index is 0.00810. The summed E-state index contributed by atoms with van der Waals surface area (Å²) in [5.74, 6) is -0.180. The molecule has 3 aromatic rings. The smallest absolute Gasteiger partial charge is 0.255 e. The largest absolute Gasteiger partial charge is 0.379 e. The molecule has 0 aliphatic carbocycles. The van der Waals surface area contributed by atoms with Gasteiger partial charge in [-0.05, 0) is 48.9 Å². The van der Waals surface area contributed by atoms with Gasteiger partial charge in [-0.1, -0.05) is 6.07 Å². The molecule has 31 heavy (non-hydrogen) atoms. The maximum Gasteiger partial charge on any atom is 0.255 e. The number of nitrogens with one attached hydrogen (secondary N) is 2. The van der Waals surface area contributed by atoms with Crippen LogP contribution < -0.4 is 5.32 Å². The number of likely N-dealkylation sites (tertiary alicyclic amines) is 1. The number of ether oxygens (including phenoxy) is 1. The van der Waals surface area contributed by atoms with Crippen molar-refractivity contribution >= 4 is 28.4 Å². The van der Waals surface area contributed by atoms with Gasteiger partial charge in [0.15, 0.2) is 0 Å². The maximum absolute atomic E-state index is 13.0. The van der Waals surface area contributed by atoms with Gasteiger partial charge in [0.25, 0.3) is 11.8 Å². The van der Waals surface area contributed by atoms with Crippen LogP contribution in [-0.2, 0) is 4.74 Å². The first kappa shape index (κ1) is 19.8. The highest BCUT2D eigenvalue weighted by molar-refractivity contribution is 6.07. The van der Waals surface area contributed by atoms with Crippen LogP contribution in [0.4, 0.5) is 5.69 Å². The maximum atomic E-state index is 13.0. The fraction of sp³-hybridized carbons (Fsp3) is 0.333. The Balaban J connectivity index is 1.26. The van der Waals surface area contributed by atoms with Crippen molar-refractivity contribution in [1.29, 1.82) is 0 Å². The zero-order valence-electron chi connectivity index (χ0n) is 17.6. The van der Waals surface area contributed by atoms with Crippen molar-refractivity contribution in [3.63, 3.8) is 0 Å². The van der Waals surface area contributed by atoms with E-state index in [-0.39, 0.29) is 11.8 Å². The van der Waals surface area contributed by atoms with E-state index in [0.717, 1.165) is 55.9 Å². The highest BCUT2D eigenvalue weighted by Gasteiger charge is 2.35. The van der Waals surface area contributed by atoms with Crippen LogP contribution in [-0.4, -0.2) is 72.0 Å². The quantitative estimate of drug-likeness (QED) is 0.683. The minimum atomic E-state index is -0.188. The van der Waals surface area contributed by atoms with Gasteiger partial charge in [-0.3, -0.25) is 14.5 Å². The summed E-state index contributed by atoms with van der Waals surface area (Å²) in [6.45, 7) is 6.81. The molecule has 2 aliphatic heterocycles. The fourth-order valence-electron chi connectivity index (χ4n) is 4.26. The Morgan fingerprint density at radius 1 is 1.03 bits per heavy atom. The van der Waals surface area contributed by atoms with Gasteiger partial charge in [0.2, 0.25) is 0 Å². The zero-order chi connectivity index (χ0) is 21.4. The molecule has 2 fully saturated rings. The summed E-state index contributed by atoms with van der Waals surface area (Å²) in [5, 5.41) is 3.96. The van der Waals surface area contributed by atoms with Crippen LogP contribution in [0.5, 0.6) is 0 Å². The van der Waals surface area contributed by atoms with Crippen molar-refractivity contribution in [2.24, 2.45) is 0 Å².